The predicted molar refractivity (Wildman–Crippen MR) is 81.7 cm³/mol. The molecule has 3 heteroatoms. The van der Waals surface area contributed by atoms with E-state index in [1.807, 2.05) is 19.4 Å². The maximum atomic E-state index is 4.19. The molecule has 0 fully saturated rings. The number of hydrogen-bond acceptors (Lipinski definition) is 3. The fourth-order valence-electron chi connectivity index (χ4n) is 2.05. The van der Waals surface area contributed by atoms with E-state index < -0.39 is 0 Å². The zero-order valence-electron chi connectivity index (χ0n) is 11.6. The second-order valence-electron chi connectivity index (χ2n) is 4.74. The van der Waals surface area contributed by atoms with Gasteiger partial charge in [-0.2, -0.15) is 0 Å². The summed E-state index contributed by atoms with van der Waals surface area (Å²) in [6.45, 7) is 3.21. The summed E-state index contributed by atoms with van der Waals surface area (Å²) in [6, 6.07) is 12.7. The van der Waals surface area contributed by atoms with Gasteiger partial charge in [0.05, 0.1) is 23.8 Å². The Labute approximate surface area is 115 Å². The van der Waals surface area contributed by atoms with E-state index in [-0.39, 0.29) is 0 Å². The molecule has 2 N–H and O–H groups in total. The molecule has 0 saturated heterocycles. The fraction of sp³-hybridized carbons (Fsp3) is 0.312. The average Bonchev–Trinajstić information content (AvgIpc) is 2.48. The fourth-order valence-corrected chi connectivity index (χ4v) is 2.05. The Bertz CT molecular complexity index is 496. The lowest BCUT2D eigenvalue weighted by molar-refractivity contribution is 0.706. The molecule has 1 unspecified atom stereocenters. The van der Waals surface area contributed by atoms with Crippen molar-refractivity contribution in [2.24, 2.45) is 0 Å². The number of anilines is 2. The smallest absolute Gasteiger partial charge is 0.0547 e. The highest BCUT2D eigenvalue weighted by atomic mass is 14.9. The van der Waals surface area contributed by atoms with E-state index in [1.165, 1.54) is 5.56 Å². The van der Waals surface area contributed by atoms with Crippen LogP contribution in [-0.2, 0) is 0 Å². The molecule has 0 bridgehead atoms. The average molecular weight is 255 g/mol. The number of nitrogens with one attached hydrogen (secondary N) is 2. The number of hydrogen-bond donors (Lipinski definition) is 2. The van der Waals surface area contributed by atoms with Crippen molar-refractivity contribution in [1.82, 2.24) is 4.98 Å². The lowest BCUT2D eigenvalue weighted by atomic mass is 9.98. The minimum atomic E-state index is 0.564. The normalized spacial score (nSPS) is 11.9. The zero-order valence-corrected chi connectivity index (χ0v) is 11.6. The van der Waals surface area contributed by atoms with E-state index in [0.717, 1.165) is 24.3 Å². The van der Waals surface area contributed by atoms with Crippen LogP contribution >= 0.6 is 0 Å². The van der Waals surface area contributed by atoms with Gasteiger partial charge in [-0.05, 0) is 24.0 Å². The molecule has 0 aliphatic heterocycles. The molecule has 0 saturated carbocycles. The van der Waals surface area contributed by atoms with E-state index in [1.54, 1.807) is 0 Å². The summed E-state index contributed by atoms with van der Waals surface area (Å²) in [6.07, 6.45) is 4.78. The molecule has 0 radical (unpaired) electrons. The third-order valence-corrected chi connectivity index (χ3v) is 3.30. The van der Waals surface area contributed by atoms with Gasteiger partial charge in [-0.3, -0.25) is 4.98 Å². The Hall–Kier alpha value is -2.03. The summed E-state index contributed by atoms with van der Waals surface area (Å²) in [7, 11) is 1.90. The lowest BCUT2D eigenvalue weighted by Gasteiger charge is -2.13. The molecule has 0 aliphatic carbocycles. The molecule has 1 heterocycles. The van der Waals surface area contributed by atoms with Crippen molar-refractivity contribution in [3.05, 3.63) is 54.4 Å². The quantitative estimate of drug-likeness (QED) is 0.826. The third-order valence-electron chi connectivity index (χ3n) is 3.30. The Morgan fingerprint density at radius 1 is 1.11 bits per heavy atom. The molecule has 1 aromatic carbocycles. The van der Waals surface area contributed by atoms with Gasteiger partial charge in [0, 0.05) is 13.6 Å². The van der Waals surface area contributed by atoms with E-state index in [2.05, 4.69) is 58.9 Å². The van der Waals surface area contributed by atoms with Crippen LogP contribution in [0.15, 0.2) is 48.8 Å². The van der Waals surface area contributed by atoms with Gasteiger partial charge in [-0.25, -0.2) is 0 Å². The Morgan fingerprint density at radius 2 is 1.84 bits per heavy atom. The second kappa shape index (κ2) is 6.78. The minimum absolute atomic E-state index is 0.564. The zero-order chi connectivity index (χ0) is 13.5. The maximum absolute atomic E-state index is 4.19. The van der Waals surface area contributed by atoms with Crippen LogP contribution in [0.2, 0.25) is 0 Å². The minimum Gasteiger partial charge on any atom is -0.387 e. The van der Waals surface area contributed by atoms with Crippen molar-refractivity contribution < 1.29 is 0 Å². The molecule has 3 nitrogen and oxygen atoms in total. The van der Waals surface area contributed by atoms with E-state index in [9.17, 15) is 0 Å². The summed E-state index contributed by atoms with van der Waals surface area (Å²) in [5.41, 5.74) is 3.49. The Morgan fingerprint density at radius 3 is 2.58 bits per heavy atom. The topological polar surface area (TPSA) is 37.0 Å². The molecule has 1 aromatic heterocycles. The molecule has 0 aliphatic rings. The first-order valence-corrected chi connectivity index (χ1v) is 6.71. The standard InChI is InChI=1S/C16H21N3/c1-13(14-6-4-3-5-7-14)8-9-19-16-10-15(17-2)11-18-12-16/h3-7,10-13,17,19H,8-9H2,1-2H3. The van der Waals surface area contributed by atoms with Crippen molar-refractivity contribution in [1.29, 1.82) is 0 Å². The second-order valence-corrected chi connectivity index (χ2v) is 4.74. The molecule has 0 spiro atoms. The van der Waals surface area contributed by atoms with Crippen LogP contribution in [-0.4, -0.2) is 18.6 Å². The molecule has 2 aromatic rings. The van der Waals surface area contributed by atoms with E-state index >= 15 is 0 Å². The molecule has 1 atom stereocenters. The predicted octanol–water partition coefficient (Wildman–Crippen LogP) is 3.73. The molecule has 0 amide bonds. The highest BCUT2D eigenvalue weighted by molar-refractivity contribution is 5.53. The Balaban J connectivity index is 1.83. The molecular weight excluding hydrogens is 234 g/mol. The summed E-state index contributed by atoms with van der Waals surface area (Å²) < 4.78 is 0. The van der Waals surface area contributed by atoms with Crippen molar-refractivity contribution in [2.75, 3.05) is 24.2 Å². The number of nitrogens with zero attached hydrogens (tertiary/aromatic N) is 1. The summed E-state index contributed by atoms with van der Waals surface area (Å²) >= 11 is 0. The number of pyridine rings is 1. The van der Waals surface area contributed by atoms with Gasteiger partial charge in [0.2, 0.25) is 0 Å². The van der Waals surface area contributed by atoms with Gasteiger partial charge in [-0.15, -0.1) is 0 Å². The summed E-state index contributed by atoms with van der Waals surface area (Å²) in [5, 5.41) is 6.51. The SMILES string of the molecule is CNc1cncc(NCCC(C)c2ccccc2)c1. The highest BCUT2D eigenvalue weighted by Gasteiger charge is 2.04. The van der Waals surface area contributed by atoms with Crippen LogP contribution in [0.3, 0.4) is 0 Å². The lowest BCUT2D eigenvalue weighted by Crippen LogP contribution is -2.06. The van der Waals surface area contributed by atoms with Gasteiger partial charge in [0.25, 0.3) is 0 Å². The number of benzene rings is 1. The summed E-state index contributed by atoms with van der Waals surface area (Å²) in [4.78, 5) is 4.19. The molecular formula is C16H21N3. The number of rotatable bonds is 6. The molecule has 100 valence electrons. The van der Waals surface area contributed by atoms with E-state index in [0.29, 0.717) is 5.92 Å². The maximum Gasteiger partial charge on any atom is 0.0547 e. The monoisotopic (exact) mass is 255 g/mol. The van der Waals surface area contributed by atoms with Crippen LogP contribution in [0.4, 0.5) is 11.4 Å². The molecule has 19 heavy (non-hydrogen) atoms. The van der Waals surface area contributed by atoms with Gasteiger partial charge >= 0.3 is 0 Å². The van der Waals surface area contributed by atoms with Crippen LogP contribution in [0, 0.1) is 0 Å². The number of aromatic nitrogens is 1. The summed E-state index contributed by atoms with van der Waals surface area (Å²) in [5.74, 6) is 0.564. The van der Waals surface area contributed by atoms with Crippen molar-refractivity contribution in [3.8, 4) is 0 Å². The first kappa shape index (κ1) is 13.4. The van der Waals surface area contributed by atoms with Crippen LogP contribution in [0.1, 0.15) is 24.8 Å². The first-order chi connectivity index (χ1) is 9.29. The first-order valence-electron chi connectivity index (χ1n) is 6.71. The van der Waals surface area contributed by atoms with Crippen LogP contribution in [0.25, 0.3) is 0 Å². The molecule has 2 rings (SSSR count). The largest absolute Gasteiger partial charge is 0.387 e. The highest BCUT2D eigenvalue weighted by Crippen LogP contribution is 2.19. The van der Waals surface area contributed by atoms with Crippen molar-refractivity contribution >= 4 is 11.4 Å². The van der Waals surface area contributed by atoms with Crippen molar-refractivity contribution in [2.45, 2.75) is 19.3 Å². The van der Waals surface area contributed by atoms with Gasteiger partial charge in [0.1, 0.15) is 0 Å². The Kier molecular flexibility index (Phi) is 4.78. The van der Waals surface area contributed by atoms with Gasteiger partial charge in [-0.1, -0.05) is 37.3 Å². The van der Waals surface area contributed by atoms with Crippen LogP contribution in [0.5, 0.6) is 0 Å². The van der Waals surface area contributed by atoms with Crippen molar-refractivity contribution in [3.63, 3.8) is 0 Å². The van der Waals surface area contributed by atoms with E-state index in [4.69, 9.17) is 0 Å². The van der Waals surface area contributed by atoms with Gasteiger partial charge < -0.3 is 10.6 Å². The third kappa shape index (κ3) is 3.98. The van der Waals surface area contributed by atoms with Crippen LogP contribution < -0.4 is 10.6 Å². The van der Waals surface area contributed by atoms with Gasteiger partial charge in [0.15, 0.2) is 0 Å².